The summed E-state index contributed by atoms with van der Waals surface area (Å²) in [4.78, 5) is 17.4. The Morgan fingerprint density at radius 3 is 2.39 bits per heavy atom. The predicted molar refractivity (Wildman–Crippen MR) is 149 cm³/mol. The van der Waals surface area contributed by atoms with E-state index >= 15 is 0 Å². The van der Waals surface area contributed by atoms with Gasteiger partial charge in [-0.05, 0) is 76.4 Å². The van der Waals surface area contributed by atoms with Crippen molar-refractivity contribution in [2.45, 2.75) is 75.7 Å². The van der Waals surface area contributed by atoms with Gasteiger partial charge in [-0.2, -0.15) is 0 Å². The van der Waals surface area contributed by atoms with Crippen molar-refractivity contribution in [3.8, 4) is 0 Å². The van der Waals surface area contributed by atoms with Gasteiger partial charge in [0.05, 0.1) is 23.6 Å². The van der Waals surface area contributed by atoms with Gasteiger partial charge in [-0.1, -0.05) is 6.42 Å². The van der Waals surface area contributed by atoms with Crippen LogP contribution in [0.25, 0.3) is 10.9 Å². The Hall–Kier alpha value is -1.88. The molecule has 1 N–H and O–H groups in total. The second-order valence-electron chi connectivity index (χ2n) is 11.8. The Morgan fingerprint density at radius 2 is 1.74 bits per heavy atom. The summed E-state index contributed by atoms with van der Waals surface area (Å²) < 4.78 is 32.6. The number of sulfonamides is 1. The average molecular weight is 543 g/mol. The topological polar surface area (TPSA) is 101 Å². The van der Waals surface area contributed by atoms with Gasteiger partial charge < -0.3 is 15.0 Å². The van der Waals surface area contributed by atoms with Gasteiger partial charge in [0, 0.05) is 61.9 Å². The molecular weight excluding hydrogens is 500 g/mol. The monoisotopic (exact) mass is 542 g/mol. The molecule has 10 heteroatoms. The number of pyridine rings is 1. The summed E-state index contributed by atoms with van der Waals surface area (Å²) in [6.45, 7) is 5.01. The first kappa shape index (κ1) is 26.3. The highest BCUT2D eigenvalue weighted by atomic mass is 32.2. The van der Waals surface area contributed by atoms with E-state index < -0.39 is 10.0 Å². The van der Waals surface area contributed by atoms with Crippen molar-refractivity contribution in [2.24, 2.45) is 5.92 Å². The lowest BCUT2D eigenvalue weighted by Gasteiger charge is -2.34. The molecular formula is C28H42N6O3S. The number of piperidine rings is 2. The molecule has 208 valence electrons. The predicted octanol–water partition coefficient (Wildman–Crippen LogP) is 3.73. The van der Waals surface area contributed by atoms with E-state index in [1.54, 1.807) is 11.4 Å². The number of ether oxygens (including phenoxy) is 1. The van der Waals surface area contributed by atoms with Crippen molar-refractivity contribution in [1.29, 1.82) is 0 Å². The van der Waals surface area contributed by atoms with Crippen LogP contribution in [-0.2, 0) is 14.8 Å². The second kappa shape index (κ2) is 11.3. The van der Waals surface area contributed by atoms with Crippen molar-refractivity contribution in [2.75, 3.05) is 57.5 Å². The number of methoxy groups -OCH3 is 1. The fourth-order valence-electron chi connectivity index (χ4n) is 6.20. The lowest BCUT2D eigenvalue weighted by molar-refractivity contribution is 0.130. The minimum atomic E-state index is -3.15. The van der Waals surface area contributed by atoms with Gasteiger partial charge in [-0.15, -0.1) is 0 Å². The van der Waals surface area contributed by atoms with Crippen molar-refractivity contribution in [1.82, 2.24) is 24.2 Å². The smallest absolute Gasteiger partial charge is 0.223 e. The van der Waals surface area contributed by atoms with E-state index in [0.29, 0.717) is 42.5 Å². The Morgan fingerprint density at radius 1 is 0.974 bits per heavy atom. The van der Waals surface area contributed by atoms with Crippen LogP contribution in [-0.4, -0.2) is 90.8 Å². The molecule has 4 aliphatic rings. The first-order chi connectivity index (χ1) is 18.5. The summed E-state index contributed by atoms with van der Waals surface area (Å²) in [7, 11) is -1.38. The number of rotatable bonds is 10. The number of nitrogens with one attached hydrogen (secondary N) is 1. The molecule has 0 radical (unpaired) electrons. The Kier molecular flexibility index (Phi) is 7.84. The van der Waals surface area contributed by atoms with Gasteiger partial charge in [-0.25, -0.2) is 22.7 Å². The van der Waals surface area contributed by atoms with Crippen molar-refractivity contribution in [3.63, 3.8) is 0 Å². The standard InChI is InChI=1S/C28H42N6O3S/c1-37-16-15-33-11-7-22(8-12-33)26-27-23(17-25(31-26)21-5-6-21)18-29-28(32-27)30-24-9-13-34(14-10-24)38(35,36)19-20-3-2-4-20/h17-18,20-22,24H,2-16,19H2,1H3,(H,29,30,32). The van der Waals surface area contributed by atoms with E-state index in [1.807, 2.05) is 6.20 Å². The van der Waals surface area contributed by atoms with Crippen LogP contribution in [0.3, 0.4) is 0 Å². The van der Waals surface area contributed by atoms with Gasteiger partial charge in [0.25, 0.3) is 0 Å². The molecule has 6 rings (SSSR count). The lowest BCUT2D eigenvalue weighted by Crippen LogP contribution is -2.44. The van der Waals surface area contributed by atoms with Gasteiger partial charge in [0.15, 0.2) is 0 Å². The van der Waals surface area contributed by atoms with E-state index in [4.69, 9.17) is 14.7 Å². The summed E-state index contributed by atoms with van der Waals surface area (Å²) >= 11 is 0. The molecule has 0 bridgehead atoms. The first-order valence-electron chi connectivity index (χ1n) is 14.6. The maximum Gasteiger partial charge on any atom is 0.223 e. The molecule has 0 unspecified atom stereocenters. The first-order valence-corrected chi connectivity index (χ1v) is 16.2. The van der Waals surface area contributed by atoms with Crippen molar-refractivity contribution < 1.29 is 13.2 Å². The molecule has 0 aromatic carbocycles. The average Bonchev–Trinajstić information content (AvgIpc) is 3.76. The largest absolute Gasteiger partial charge is 0.383 e. The molecule has 2 aromatic rings. The molecule has 9 nitrogen and oxygen atoms in total. The number of nitrogens with zero attached hydrogens (tertiary/aromatic N) is 5. The molecule has 2 aliphatic heterocycles. The Labute approximate surface area is 226 Å². The van der Waals surface area contributed by atoms with Crippen LogP contribution in [0.15, 0.2) is 12.3 Å². The maximum absolute atomic E-state index is 12.8. The van der Waals surface area contributed by atoms with Crippen LogP contribution < -0.4 is 5.32 Å². The zero-order chi connectivity index (χ0) is 26.1. The van der Waals surface area contributed by atoms with E-state index in [9.17, 15) is 8.42 Å². The van der Waals surface area contributed by atoms with Crippen LogP contribution in [0, 0.1) is 5.92 Å². The molecule has 2 aromatic heterocycles. The summed E-state index contributed by atoms with van der Waals surface area (Å²) in [5.74, 6) is 2.31. The highest BCUT2D eigenvalue weighted by Crippen LogP contribution is 2.41. The maximum atomic E-state index is 12.8. The number of likely N-dealkylation sites (tertiary alicyclic amines) is 1. The summed E-state index contributed by atoms with van der Waals surface area (Å²) in [5, 5.41) is 4.61. The highest BCUT2D eigenvalue weighted by molar-refractivity contribution is 7.89. The Bertz CT molecular complexity index is 1220. The molecule has 4 heterocycles. The molecule has 38 heavy (non-hydrogen) atoms. The Balaban J connectivity index is 1.14. The van der Waals surface area contributed by atoms with Crippen molar-refractivity contribution in [3.05, 3.63) is 23.7 Å². The van der Waals surface area contributed by atoms with Gasteiger partial charge >= 0.3 is 0 Å². The zero-order valence-electron chi connectivity index (χ0n) is 22.6. The molecule has 4 fully saturated rings. The van der Waals surface area contributed by atoms with E-state index in [2.05, 4.69) is 21.3 Å². The number of hydrogen-bond acceptors (Lipinski definition) is 8. The molecule has 2 aliphatic carbocycles. The van der Waals surface area contributed by atoms with Gasteiger partial charge in [0.2, 0.25) is 16.0 Å². The minimum absolute atomic E-state index is 0.175. The minimum Gasteiger partial charge on any atom is -0.383 e. The SMILES string of the molecule is COCCN1CCC(c2nc(C3CC3)cc3cnc(NC4CCN(S(=O)(=O)CC5CCC5)CC4)nc23)CC1. The van der Waals surface area contributed by atoms with Crippen LogP contribution >= 0.6 is 0 Å². The second-order valence-corrected chi connectivity index (χ2v) is 13.9. The number of fused-ring (bicyclic) bond motifs is 1. The normalized spacial score (nSPS) is 23.1. The van der Waals surface area contributed by atoms with Crippen LogP contribution in [0.2, 0.25) is 0 Å². The fourth-order valence-corrected chi connectivity index (χ4v) is 8.11. The summed E-state index contributed by atoms with van der Waals surface area (Å²) in [6, 6.07) is 2.37. The third-order valence-electron chi connectivity index (χ3n) is 9.05. The zero-order valence-corrected chi connectivity index (χ0v) is 23.5. The van der Waals surface area contributed by atoms with Crippen LogP contribution in [0.1, 0.15) is 81.0 Å². The third kappa shape index (κ3) is 5.98. The van der Waals surface area contributed by atoms with Crippen LogP contribution in [0.4, 0.5) is 5.95 Å². The summed E-state index contributed by atoms with van der Waals surface area (Å²) in [5.41, 5.74) is 3.31. The van der Waals surface area contributed by atoms with E-state index in [1.165, 1.54) is 25.0 Å². The van der Waals surface area contributed by atoms with E-state index in [0.717, 1.165) is 81.4 Å². The molecule has 0 spiro atoms. The summed E-state index contributed by atoms with van der Waals surface area (Å²) in [6.07, 6.45) is 11.4. The molecule has 0 amide bonds. The molecule has 2 saturated heterocycles. The van der Waals surface area contributed by atoms with E-state index in [-0.39, 0.29) is 6.04 Å². The van der Waals surface area contributed by atoms with Gasteiger partial charge in [0.1, 0.15) is 0 Å². The third-order valence-corrected chi connectivity index (χ3v) is 11.1. The molecule has 0 atom stereocenters. The van der Waals surface area contributed by atoms with Crippen LogP contribution in [0.5, 0.6) is 0 Å². The molecule has 2 saturated carbocycles. The number of hydrogen-bond donors (Lipinski definition) is 1. The van der Waals surface area contributed by atoms with Gasteiger partial charge in [-0.3, -0.25) is 4.98 Å². The lowest BCUT2D eigenvalue weighted by atomic mass is 9.87. The highest BCUT2D eigenvalue weighted by Gasteiger charge is 2.33. The van der Waals surface area contributed by atoms with Crippen molar-refractivity contribution >= 4 is 26.9 Å². The quantitative estimate of drug-likeness (QED) is 0.485. The fraction of sp³-hybridized carbons (Fsp3) is 0.750. The number of aromatic nitrogens is 3. The number of anilines is 1.